The van der Waals surface area contributed by atoms with Crippen molar-refractivity contribution in [2.45, 2.75) is 26.2 Å². The number of aromatic nitrogens is 1. The van der Waals surface area contributed by atoms with Crippen molar-refractivity contribution in [3.05, 3.63) is 36.4 Å². The number of fused-ring (bicyclic) bond motifs is 1. The minimum atomic E-state index is -0.673. The smallest absolute Gasteiger partial charge is 0.311 e. The lowest BCUT2D eigenvalue weighted by molar-refractivity contribution is -0.148. The van der Waals surface area contributed by atoms with Gasteiger partial charge in [-0.1, -0.05) is 31.5 Å². The van der Waals surface area contributed by atoms with E-state index in [0.717, 1.165) is 36.1 Å². The predicted molar refractivity (Wildman–Crippen MR) is 83.5 cm³/mol. The molecule has 3 rings (SSSR count). The Morgan fingerprint density at radius 3 is 2.90 bits per heavy atom. The normalized spacial score (nSPS) is 21.9. The zero-order chi connectivity index (χ0) is 14.9. The SMILES string of the molecule is CCCC1(C(=O)O)CCN(c2ccc3ccccc3n2)C1. The molecule has 0 saturated carbocycles. The number of benzene rings is 1. The lowest BCUT2D eigenvalue weighted by atomic mass is 9.83. The van der Waals surface area contributed by atoms with Gasteiger partial charge < -0.3 is 10.0 Å². The van der Waals surface area contributed by atoms with Gasteiger partial charge in [0.1, 0.15) is 5.82 Å². The maximum absolute atomic E-state index is 11.7. The van der Waals surface area contributed by atoms with Crippen molar-refractivity contribution in [3.8, 4) is 0 Å². The Balaban J connectivity index is 1.88. The zero-order valence-electron chi connectivity index (χ0n) is 12.2. The standard InChI is InChI=1S/C17H20N2O2/c1-2-9-17(16(20)21)10-11-19(12-17)15-8-7-13-5-3-4-6-14(13)18-15/h3-8H,2,9-12H2,1H3,(H,20,21). The van der Waals surface area contributed by atoms with Gasteiger partial charge in [0.25, 0.3) is 0 Å². The van der Waals surface area contributed by atoms with Gasteiger partial charge in [0, 0.05) is 18.5 Å². The van der Waals surface area contributed by atoms with Gasteiger partial charge in [-0.15, -0.1) is 0 Å². The van der Waals surface area contributed by atoms with E-state index < -0.39 is 11.4 Å². The molecule has 2 aromatic rings. The lowest BCUT2D eigenvalue weighted by Crippen LogP contribution is -2.34. The number of aliphatic carboxylic acids is 1. The van der Waals surface area contributed by atoms with E-state index in [4.69, 9.17) is 0 Å². The summed E-state index contributed by atoms with van der Waals surface area (Å²) in [7, 11) is 0. The Morgan fingerprint density at radius 2 is 2.14 bits per heavy atom. The number of carboxylic acid groups (broad SMARTS) is 1. The number of carbonyl (C=O) groups is 1. The van der Waals surface area contributed by atoms with Crippen molar-refractivity contribution in [3.63, 3.8) is 0 Å². The summed E-state index contributed by atoms with van der Waals surface area (Å²) in [5.74, 6) is 0.209. The highest BCUT2D eigenvalue weighted by Gasteiger charge is 2.44. The topological polar surface area (TPSA) is 53.4 Å². The molecule has 1 N–H and O–H groups in total. The maximum Gasteiger partial charge on any atom is 0.311 e. The number of nitrogens with zero attached hydrogens (tertiary/aromatic N) is 2. The lowest BCUT2D eigenvalue weighted by Gasteiger charge is -2.24. The quantitative estimate of drug-likeness (QED) is 0.935. The molecule has 0 aliphatic carbocycles. The van der Waals surface area contributed by atoms with Crippen LogP contribution in [-0.4, -0.2) is 29.1 Å². The van der Waals surface area contributed by atoms with Crippen molar-refractivity contribution in [1.29, 1.82) is 0 Å². The molecular formula is C17H20N2O2. The van der Waals surface area contributed by atoms with E-state index in [2.05, 4.69) is 16.0 Å². The molecule has 1 atom stereocenters. The summed E-state index contributed by atoms with van der Waals surface area (Å²) in [6.45, 7) is 3.36. The average molecular weight is 284 g/mol. The second kappa shape index (κ2) is 5.35. The van der Waals surface area contributed by atoms with Crippen molar-refractivity contribution in [2.24, 2.45) is 5.41 Å². The van der Waals surface area contributed by atoms with Crippen LogP contribution in [0.3, 0.4) is 0 Å². The molecule has 4 heteroatoms. The molecule has 2 heterocycles. The highest BCUT2D eigenvalue weighted by Crippen LogP contribution is 2.37. The van der Waals surface area contributed by atoms with Gasteiger partial charge in [-0.3, -0.25) is 4.79 Å². The zero-order valence-corrected chi connectivity index (χ0v) is 12.2. The van der Waals surface area contributed by atoms with Crippen LogP contribution in [-0.2, 0) is 4.79 Å². The molecule has 1 aliphatic heterocycles. The summed E-state index contributed by atoms with van der Waals surface area (Å²) in [6, 6.07) is 12.0. The number of pyridine rings is 1. The van der Waals surface area contributed by atoms with Gasteiger partial charge in [0.2, 0.25) is 0 Å². The molecule has 1 unspecified atom stereocenters. The van der Waals surface area contributed by atoms with Crippen LogP contribution >= 0.6 is 0 Å². The number of carboxylic acids is 1. The molecule has 0 bridgehead atoms. The summed E-state index contributed by atoms with van der Waals surface area (Å²) < 4.78 is 0. The van der Waals surface area contributed by atoms with Crippen LogP contribution in [0.1, 0.15) is 26.2 Å². The van der Waals surface area contributed by atoms with E-state index in [1.807, 2.05) is 37.3 Å². The third-order valence-corrected chi connectivity index (χ3v) is 4.44. The Bertz CT molecular complexity index is 671. The van der Waals surface area contributed by atoms with Gasteiger partial charge in [-0.05, 0) is 31.0 Å². The summed E-state index contributed by atoms with van der Waals surface area (Å²) in [5.41, 5.74) is 0.348. The third-order valence-electron chi connectivity index (χ3n) is 4.44. The molecule has 1 aromatic heterocycles. The fourth-order valence-corrected chi connectivity index (χ4v) is 3.26. The number of anilines is 1. The van der Waals surface area contributed by atoms with Crippen molar-refractivity contribution >= 4 is 22.7 Å². The predicted octanol–water partition coefficient (Wildman–Crippen LogP) is 3.32. The van der Waals surface area contributed by atoms with Crippen LogP contribution in [0.2, 0.25) is 0 Å². The third kappa shape index (κ3) is 2.46. The van der Waals surface area contributed by atoms with Crippen LogP contribution in [0.4, 0.5) is 5.82 Å². The molecule has 4 nitrogen and oxygen atoms in total. The molecule has 0 radical (unpaired) electrons. The van der Waals surface area contributed by atoms with Crippen molar-refractivity contribution in [2.75, 3.05) is 18.0 Å². The number of hydrogen-bond donors (Lipinski definition) is 1. The minimum absolute atomic E-state index is 0.557. The van der Waals surface area contributed by atoms with E-state index in [1.54, 1.807) is 0 Å². The molecule has 1 aromatic carbocycles. The van der Waals surface area contributed by atoms with Gasteiger partial charge in [-0.25, -0.2) is 4.98 Å². The molecule has 1 aliphatic rings. The van der Waals surface area contributed by atoms with E-state index in [1.165, 1.54) is 0 Å². The Kier molecular flexibility index (Phi) is 3.53. The first-order chi connectivity index (χ1) is 10.1. The molecule has 0 amide bonds. The number of para-hydroxylation sites is 1. The molecule has 1 saturated heterocycles. The van der Waals surface area contributed by atoms with Crippen molar-refractivity contribution in [1.82, 2.24) is 4.98 Å². The van der Waals surface area contributed by atoms with Crippen LogP contribution in [0.25, 0.3) is 10.9 Å². The van der Waals surface area contributed by atoms with E-state index in [9.17, 15) is 9.90 Å². The van der Waals surface area contributed by atoms with Crippen LogP contribution < -0.4 is 4.90 Å². The molecule has 21 heavy (non-hydrogen) atoms. The molecule has 1 fully saturated rings. The summed E-state index contributed by atoms with van der Waals surface area (Å²) in [5, 5.41) is 10.7. The molecule has 0 spiro atoms. The van der Waals surface area contributed by atoms with Crippen molar-refractivity contribution < 1.29 is 9.90 Å². The summed E-state index contributed by atoms with van der Waals surface area (Å²) >= 11 is 0. The maximum atomic E-state index is 11.7. The highest BCUT2D eigenvalue weighted by atomic mass is 16.4. The van der Waals surface area contributed by atoms with Gasteiger partial charge in [0.05, 0.1) is 10.9 Å². The van der Waals surface area contributed by atoms with Gasteiger partial charge in [-0.2, -0.15) is 0 Å². The fraction of sp³-hybridized carbons (Fsp3) is 0.412. The molecule has 110 valence electrons. The van der Waals surface area contributed by atoms with E-state index >= 15 is 0 Å². The van der Waals surface area contributed by atoms with Crippen LogP contribution in [0.15, 0.2) is 36.4 Å². The summed E-state index contributed by atoms with van der Waals surface area (Å²) in [4.78, 5) is 18.4. The number of rotatable bonds is 4. The first kappa shape index (κ1) is 13.9. The van der Waals surface area contributed by atoms with Gasteiger partial charge >= 0.3 is 5.97 Å². The second-order valence-corrected chi connectivity index (χ2v) is 5.87. The largest absolute Gasteiger partial charge is 0.481 e. The monoisotopic (exact) mass is 284 g/mol. The van der Waals surface area contributed by atoms with E-state index in [-0.39, 0.29) is 0 Å². The minimum Gasteiger partial charge on any atom is -0.481 e. The average Bonchev–Trinajstić information content (AvgIpc) is 2.93. The van der Waals surface area contributed by atoms with Crippen LogP contribution in [0.5, 0.6) is 0 Å². The Morgan fingerprint density at radius 1 is 1.33 bits per heavy atom. The summed E-state index contributed by atoms with van der Waals surface area (Å²) in [6.07, 6.45) is 2.32. The Labute approximate surface area is 124 Å². The highest BCUT2D eigenvalue weighted by molar-refractivity contribution is 5.81. The van der Waals surface area contributed by atoms with Crippen LogP contribution in [0, 0.1) is 5.41 Å². The Hall–Kier alpha value is -2.10. The first-order valence-electron chi connectivity index (χ1n) is 7.49. The second-order valence-electron chi connectivity index (χ2n) is 5.87. The first-order valence-corrected chi connectivity index (χ1v) is 7.49. The van der Waals surface area contributed by atoms with E-state index in [0.29, 0.717) is 13.0 Å². The fourth-order valence-electron chi connectivity index (χ4n) is 3.26. The molecular weight excluding hydrogens is 264 g/mol. The number of hydrogen-bond acceptors (Lipinski definition) is 3. The van der Waals surface area contributed by atoms with Gasteiger partial charge in [0.15, 0.2) is 0 Å².